The Labute approximate surface area is 120 Å². The predicted octanol–water partition coefficient (Wildman–Crippen LogP) is -0.711. The molecule has 7 nitrogen and oxygen atoms in total. The van der Waals surface area contributed by atoms with Crippen LogP contribution in [0.2, 0.25) is 0 Å². The second kappa shape index (κ2) is 11.0. The Hall–Kier alpha value is -0.730. The second-order valence-corrected chi connectivity index (χ2v) is 4.69. The first-order chi connectivity index (χ1) is 9.74. The highest BCUT2D eigenvalue weighted by Gasteiger charge is 2.27. The number of nitrogens with two attached hydrogens (primary N) is 1. The molecule has 1 rings (SSSR count). The lowest BCUT2D eigenvalue weighted by Gasteiger charge is -2.15. The molecule has 3 N–H and O–H groups in total. The molecule has 20 heavy (non-hydrogen) atoms. The zero-order valence-corrected chi connectivity index (χ0v) is 12.1. The van der Waals surface area contributed by atoms with Gasteiger partial charge in [-0.05, 0) is 12.8 Å². The standard InChI is InChI=1S/C13H26N2O5/c1-17-4-5-18-6-7-19-8-9-20-10-12(13(14)16)15-11-2-3-11/h11-12,15H,2-10H2,1H3,(H2,14,16). The number of carbonyl (C=O) groups excluding carboxylic acids is 1. The third-order valence-electron chi connectivity index (χ3n) is 2.82. The highest BCUT2D eigenvalue weighted by Crippen LogP contribution is 2.19. The van der Waals surface area contributed by atoms with Crippen LogP contribution in [0.1, 0.15) is 12.8 Å². The van der Waals surface area contributed by atoms with Crippen molar-refractivity contribution in [1.29, 1.82) is 0 Å². The Morgan fingerprint density at radius 2 is 1.65 bits per heavy atom. The van der Waals surface area contributed by atoms with E-state index in [1.165, 1.54) is 0 Å². The first-order valence-corrected chi connectivity index (χ1v) is 7.01. The molecule has 1 aliphatic carbocycles. The van der Waals surface area contributed by atoms with E-state index in [9.17, 15) is 4.79 Å². The zero-order chi connectivity index (χ0) is 14.6. The summed E-state index contributed by atoms with van der Waals surface area (Å²) in [6, 6.07) is 0.0245. The van der Waals surface area contributed by atoms with Gasteiger partial charge in [0.05, 0.1) is 46.2 Å². The Morgan fingerprint density at radius 3 is 2.15 bits per heavy atom. The molecule has 0 saturated heterocycles. The van der Waals surface area contributed by atoms with Gasteiger partial charge in [-0.1, -0.05) is 0 Å². The van der Waals surface area contributed by atoms with Crippen LogP contribution in [-0.2, 0) is 23.7 Å². The molecule has 0 aromatic rings. The van der Waals surface area contributed by atoms with Crippen LogP contribution in [0.15, 0.2) is 0 Å². The van der Waals surface area contributed by atoms with Crippen LogP contribution in [0.25, 0.3) is 0 Å². The molecule has 0 heterocycles. The summed E-state index contributed by atoms with van der Waals surface area (Å²) in [4.78, 5) is 11.2. The number of methoxy groups -OCH3 is 1. The van der Waals surface area contributed by atoms with E-state index in [1.807, 2.05) is 0 Å². The van der Waals surface area contributed by atoms with Crippen molar-refractivity contribution in [3.8, 4) is 0 Å². The lowest BCUT2D eigenvalue weighted by molar-refractivity contribution is -0.121. The van der Waals surface area contributed by atoms with Gasteiger partial charge < -0.3 is 30.0 Å². The van der Waals surface area contributed by atoms with Crippen molar-refractivity contribution in [3.63, 3.8) is 0 Å². The number of carbonyl (C=O) groups is 1. The van der Waals surface area contributed by atoms with Gasteiger partial charge in [-0.25, -0.2) is 0 Å². The average Bonchev–Trinajstić information content (AvgIpc) is 3.23. The van der Waals surface area contributed by atoms with Crippen molar-refractivity contribution in [2.24, 2.45) is 5.73 Å². The van der Waals surface area contributed by atoms with Crippen LogP contribution in [0, 0.1) is 0 Å². The molecule has 7 heteroatoms. The van der Waals surface area contributed by atoms with E-state index in [2.05, 4.69) is 5.32 Å². The molecule has 1 atom stereocenters. The number of hydrogen-bond acceptors (Lipinski definition) is 6. The fourth-order valence-electron chi connectivity index (χ4n) is 1.53. The van der Waals surface area contributed by atoms with Crippen molar-refractivity contribution in [2.75, 3.05) is 53.4 Å². The van der Waals surface area contributed by atoms with Crippen LogP contribution >= 0.6 is 0 Å². The summed E-state index contributed by atoms with van der Waals surface area (Å²) in [6.45, 7) is 3.43. The third-order valence-corrected chi connectivity index (χ3v) is 2.82. The van der Waals surface area contributed by atoms with Gasteiger partial charge in [0.1, 0.15) is 6.04 Å². The predicted molar refractivity (Wildman–Crippen MR) is 73.5 cm³/mol. The molecule has 1 amide bonds. The van der Waals surface area contributed by atoms with Crippen molar-refractivity contribution in [3.05, 3.63) is 0 Å². The van der Waals surface area contributed by atoms with Crippen molar-refractivity contribution >= 4 is 5.91 Å². The van der Waals surface area contributed by atoms with E-state index < -0.39 is 6.04 Å². The smallest absolute Gasteiger partial charge is 0.236 e. The summed E-state index contributed by atoms with van der Waals surface area (Å²) < 4.78 is 20.8. The zero-order valence-electron chi connectivity index (χ0n) is 12.1. The van der Waals surface area contributed by atoms with E-state index in [4.69, 9.17) is 24.7 Å². The first kappa shape index (κ1) is 17.3. The largest absolute Gasteiger partial charge is 0.382 e. The molecule has 0 spiro atoms. The van der Waals surface area contributed by atoms with E-state index >= 15 is 0 Å². The number of primary amides is 1. The topological polar surface area (TPSA) is 92.0 Å². The lowest BCUT2D eigenvalue weighted by atomic mass is 10.3. The van der Waals surface area contributed by atoms with Gasteiger partial charge in [-0.3, -0.25) is 4.79 Å². The third kappa shape index (κ3) is 9.22. The van der Waals surface area contributed by atoms with E-state index in [0.29, 0.717) is 52.3 Å². The molecular weight excluding hydrogens is 264 g/mol. The first-order valence-electron chi connectivity index (χ1n) is 7.01. The minimum absolute atomic E-state index is 0.291. The molecule has 1 aliphatic rings. The number of nitrogens with one attached hydrogen (secondary N) is 1. The molecular formula is C13H26N2O5. The summed E-state index contributed by atoms with van der Waals surface area (Å²) in [6.07, 6.45) is 2.21. The van der Waals surface area contributed by atoms with Gasteiger partial charge in [0, 0.05) is 13.2 Å². The van der Waals surface area contributed by atoms with Crippen molar-refractivity contribution in [2.45, 2.75) is 24.9 Å². The van der Waals surface area contributed by atoms with Crippen LogP contribution in [-0.4, -0.2) is 71.3 Å². The highest BCUT2D eigenvalue weighted by molar-refractivity contribution is 5.80. The quantitative estimate of drug-likeness (QED) is 0.411. The van der Waals surface area contributed by atoms with Gasteiger partial charge >= 0.3 is 0 Å². The Morgan fingerprint density at radius 1 is 1.10 bits per heavy atom. The average molecular weight is 290 g/mol. The molecule has 0 aliphatic heterocycles. The minimum atomic E-state index is -0.403. The molecule has 118 valence electrons. The monoisotopic (exact) mass is 290 g/mol. The maximum atomic E-state index is 11.2. The molecule has 0 bridgehead atoms. The number of rotatable bonds is 14. The van der Waals surface area contributed by atoms with Crippen molar-refractivity contribution in [1.82, 2.24) is 5.32 Å². The fourth-order valence-corrected chi connectivity index (χ4v) is 1.53. The summed E-state index contributed by atoms with van der Waals surface area (Å²) in [7, 11) is 1.63. The van der Waals surface area contributed by atoms with Gasteiger partial charge in [-0.2, -0.15) is 0 Å². The van der Waals surface area contributed by atoms with Gasteiger partial charge in [0.15, 0.2) is 0 Å². The van der Waals surface area contributed by atoms with Crippen LogP contribution < -0.4 is 11.1 Å². The Balaban J connectivity index is 1.86. The van der Waals surface area contributed by atoms with Gasteiger partial charge in [0.2, 0.25) is 5.91 Å². The Bertz CT molecular complexity index is 261. The van der Waals surface area contributed by atoms with Gasteiger partial charge in [0.25, 0.3) is 0 Å². The minimum Gasteiger partial charge on any atom is -0.382 e. The maximum absolute atomic E-state index is 11.2. The molecule has 1 fully saturated rings. The van der Waals surface area contributed by atoms with E-state index in [1.54, 1.807) is 7.11 Å². The molecule has 0 radical (unpaired) electrons. The van der Waals surface area contributed by atoms with E-state index in [0.717, 1.165) is 12.8 Å². The normalized spacial score (nSPS) is 16.2. The number of hydrogen-bond donors (Lipinski definition) is 2. The number of amides is 1. The van der Waals surface area contributed by atoms with Crippen LogP contribution in [0.5, 0.6) is 0 Å². The summed E-state index contributed by atoms with van der Waals surface area (Å²) in [5, 5.41) is 3.15. The molecule has 1 saturated carbocycles. The molecule has 0 aromatic heterocycles. The van der Waals surface area contributed by atoms with Crippen LogP contribution in [0.3, 0.4) is 0 Å². The fraction of sp³-hybridized carbons (Fsp3) is 0.923. The SMILES string of the molecule is COCCOCCOCCOCC(NC1CC1)C(N)=O. The van der Waals surface area contributed by atoms with Gasteiger partial charge in [-0.15, -0.1) is 0 Å². The second-order valence-electron chi connectivity index (χ2n) is 4.69. The van der Waals surface area contributed by atoms with Crippen molar-refractivity contribution < 1.29 is 23.7 Å². The lowest BCUT2D eigenvalue weighted by Crippen LogP contribution is -2.45. The maximum Gasteiger partial charge on any atom is 0.236 e. The summed E-state index contributed by atoms with van der Waals surface area (Å²) in [5.41, 5.74) is 5.29. The summed E-state index contributed by atoms with van der Waals surface area (Å²) >= 11 is 0. The molecule has 1 unspecified atom stereocenters. The highest BCUT2D eigenvalue weighted by atomic mass is 16.6. The summed E-state index contributed by atoms with van der Waals surface area (Å²) in [5.74, 6) is -0.371. The number of ether oxygens (including phenoxy) is 4. The van der Waals surface area contributed by atoms with E-state index in [-0.39, 0.29) is 5.91 Å². The van der Waals surface area contributed by atoms with Crippen LogP contribution in [0.4, 0.5) is 0 Å². The Kier molecular flexibility index (Phi) is 9.52. The molecule has 0 aromatic carbocycles.